The van der Waals surface area contributed by atoms with Gasteiger partial charge in [-0.25, -0.2) is 0 Å². The first-order chi connectivity index (χ1) is 12.4. The molecule has 0 spiro atoms. The molecule has 2 fully saturated rings. The molecule has 0 aromatic carbocycles. The van der Waals surface area contributed by atoms with E-state index in [9.17, 15) is 9.90 Å². The van der Waals surface area contributed by atoms with E-state index in [-0.39, 0.29) is 12.0 Å². The van der Waals surface area contributed by atoms with Gasteiger partial charge in [-0.3, -0.25) is 14.7 Å². The molecule has 144 valence electrons. The van der Waals surface area contributed by atoms with Gasteiger partial charge in [-0.1, -0.05) is 6.92 Å². The number of nitrogens with zero attached hydrogens (tertiary/aromatic N) is 2. The Kier molecular flexibility index (Phi) is 6.14. The first-order valence-electron chi connectivity index (χ1n) is 9.73. The van der Waals surface area contributed by atoms with Crippen LogP contribution in [0.3, 0.4) is 0 Å². The van der Waals surface area contributed by atoms with Crippen molar-refractivity contribution >= 4 is 5.91 Å². The molecule has 1 saturated heterocycles. The molecule has 6 nitrogen and oxygen atoms in total. The molecule has 0 radical (unpaired) electrons. The Morgan fingerprint density at radius 3 is 2.92 bits per heavy atom. The quantitative estimate of drug-likeness (QED) is 0.812. The third-order valence-corrected chi connectivity index (χ3v) is 5.56. The number of ether oxygens (including phenoxy) is 1. The lowest BCUT2D eigenvalue weighted by Crippen LogP contribution is -2.45. The van der Waals surface area contributed by atoms with Crippen LogP contribution < -0.4 is 10.1 Å². The van der Waals surface area contributed by atoms with E-state index in [1.165, 1.54) is 6.92 Å². The molecule has 1 aromatic rings. The van der Waals surface area contributed by atoms with Gasteiger partial charge in [-0.05, 0) is 44.1 Å². The fourth-order valence-corrected chi connectivity index (χ4v) is 3.94. The fourth-order valence-electron chi connectivity index (χ4n) is 3.94. The highest BCUT2D eigenvalue weighted by atomic mass is 16.5. The van der Waals surface area contributed by atoms with Crippen molar-refractivity contribution in [3.8, 4) is 5.75 Å². The molecule has 6 heteroatoms. The highest BCUT2D eigenvalue weighted by molar-refractivity contribution is 5.72. The minimum Gasteiger partial charge on any atom is -0.489 e. The van der Waals surface area contributed by atoms with Gasteiger partial charge >= 0.3 is 0 Å². The molecule has 3 rings (SSSR count). The van der Waals surface area contributed by atoms with Gasteiger partial charge in [0, 0.05) is 38.8 Å². The molecule has 1 saturated carbocycles. The lowest BCUT2D eigenvalue weighted by atomic mass is 9.79. The molecule has 1 atom stereocenters. The van der Waals surface area contributed by atoms with Crippen LogP contribution >= 0.6 is 0 Å². The van der Waals surface area contributed by atoms with E-state index in [1.54, 1.807) is 6.20 Å². The molecule has 26 heavy (non-hydrogen) atoms. The number of likely N-dealkylation sites (tertiary alicyclic amines) is 1. The normalized spacial score (nSPS) is 29.5. The molecule has 2 aliphatic rings. The summed E-state index contributed by atoms with van der Waals surface area (Å²) in [6.07, 6.45) is 6.88. The zero-order valence-electron chi connectivity index (χ0n) is 15.9. The van der Waals surface area contributed by atoms with Gasteiger partial charge in [0.2, 0.25) is 5.91 Å². The summed E-state index contributed by atoms with van der Waals surface area (Å²) >= 11 is 0. The molecular weight excluding hydrogens is 330 g/mol. The van der Waals surface area contributed by atoms with Gasteiger partial charge in [0.15, 0.2) is 0 Å². The maximum absolute atomic E-state index is 11.0. The minimum absolute atomic E-state index is 0.0698. The van der Waals surface area contributed by atoms with Crippen LogP contribution in [0.1, 0.15) is 51.6 Å². The van der Waals surface area contributed by atoms with Gasteiger partial charge in [0.1, 0.15) is 11.9 Å². The number of β-amino-alcohol motifs (C(OH)–C–C–N with tert-alkyl or cyclic N) is 1. The van der Waals surface area contributed by atoms with Crippen molar-refractivity contribution in [1.82, 2.24) is 15.2 Å². The van der Waals surface area contributed by atoms with Crippen molar-refractivity contribution in [3.05, 3.63) is 24.0 Å². The molecule has 2 heterocycles. The van der Waals surface area contributed by atoms with E-state index >= 15 is 0 Å². The number of hydrogen-bond donors (Lipinski definition) is 2. The number of pyridine rings is 1. The van der Waals surface area contributed by atoms with Crippen LogP contribution in [0.4, 0.5) is 0 Å². The van der Waals surface area contributed by atoms with Crippen LogP contribution in [-0.2, 0) is 11.3 Å². The summed E-state index contributed by atoms with van der Waals surface area (Å²) in [5.74, 6) is 1.46. The lowest BCUT2D eigenvalue weighted by molar-refractivity contribution is -0.119. The molecular formula is C20H31N3O3. The van der Waals surface area contributed by atoms with Crippen molar-refractivity contribution in [2.45, 2.75) is 64.2 Å². The number of carbonyl (C=O) groups is 1. The third kappa shape index (κ3) is 5.42. The summed E-state index contributed by atoms with van der Waals surface area (Å²) in [5, 5.41) is 13.6. The Balaban J connectivity index is 1.48. The second-order valence-corrected chi connectivity index (χ2v) is 8.06. The van der Waals surface area contributed by atoms with E-state index in [0.29, 0.717) is 6.54 Å². The number of rotatable bonds is 6. The highest BCUT2D eigenvalue weighted by Gasteiger charge is 2.36. The first-order valence-corrected chi connectivity index (χ1v) is 9.73. The van der Waals surface area contributed by atoms with Crippen molar-refractivity contribution in [2.75, 3.05) is 19.6 Å². The fraction of sp³-hybridized carbons (Fsp3) is 0.700. The Hall–Kier alpha value is -1.66. The van der Waals surface area contributed by atoms with E-state index in [2.05, 4.69) is 22.1 Å². The van der Waals surface area contributed by atoms with E-state index in [0.717, 1.165) is 69.1 Å². The van der Waals surface area contributed by atoms with Gasteiger partial charge in [-0.15, -0.1) is 0 Å². The Morgan fingerprint density at radius 1 is 1.42 bits per heavy atom. The molecule has 1 aromatic heterocycles. The summed E-state index contributed by atoms with van der Waals surface area (Å²) in [4.78, 5) is 17.6. The molecule has 1 aliphatic heterocycles. The average Bonchev–Trinajstić information content (AvgIpc) is 3.03. The maximum Gasteiger partial charge on any atom is 0.217 e. The van der Waals surface area contributed by atoms with Gasteiger partial charge in [0.05, 0.1) is 17.8 Å². The van der Waals surface area contributed by atoms with Crippen LogP contribution in [0.25, 0.3) is 0 Å². The van der Waals surface area contributed by atoms with Gasteiger partial charge in [0.25, 0.3) is 0 Å². The molecule has 2 N–H and O–H groups in total. The summed E-state index contributed by atoms with van der Waals surface area (Å²) in [7, 11) is 0. The zero-order chi connectivity index (χ0) is 18.6. The Labute approximate surface area is 155 Å². The van der Waals surface area contributed by atoms with Crippen molar-refractivity contribution in [3.63, 3.8) is 0 Å². The lowest BCUT2D eigenvalue weighted by Gasteiger charge is -2.37. The Bertz CT molecular complexity index is 614. The Morgan fingerprint density at radius 2 is 2.19 bits per heavy atom. The summed E-state index contributed by atoms with van der Waals surface area (Å²) in [5.41, 5.74) is 0.266. The zero-order valence-corrected chi connectivity index (χ0v) is 15.9. The minimum atomic E-state index is -0.524. The second kappa shape index (κ2) is 8.35. The first kappa shape index (κ1) is 19.1. The van der Waals surface area contributed by atoms with Crippen molar-refractivity contribution in [2.24, 2.45) is 5.92 Å². The van der Waals surface area contributed by atoms with Crippen LogP contribution in [0.2, 0.25) is 0 Å². The smallest absolute Gasteiger partial charge is 0.217 e. The summed E-state index contributed by atoms with van der Waals surface area (Å²) < 4.78 is 6.12. The highest BCUT2D eigenvalue weighted by Crippen LogP contribution is 2.33. The van der Waals surface area contributed by atoms with Crippen LogP contribution in [0, 0.1) is 5.92 Å². The topological polar surface area (TPSA) is 74.7 Å². The number of aliphatic hydroxyl groups is 1. The van der Waals surface area contributed by atoms with E-state index < -0.39 is 5.60 Å². The maximum atomic E-state index is 11.0. The monoisotopic (exact) mass is 361 g/mol. The number of aromatic nitrogens is 1. The summed E-state index contributed by atoms with van der Waals surface area (Å²) in [6.45, 7) is 6.74. The van der Waals surface area contributed by atoms with E-state index in [4.69, 9.17) is 4.74 Å². The standard InChI is InChI=1S/C20H31N3O3/c1-15-3-7-20(25,8-4-15)14-23-10-6-19(13-23)26-18-5-9-21-17(11-18)12-22-16(2)24/h5,9,11,15,19,25H,3-4,6-8,10,12-14H2,1-2H3,(H,22,24). The predicted octanol–water partition coefficient (Wildman–Crippen LogP) is 2.11. The number of amides is 1. The second-order valence-electron chi connectivity index (χ2n) is 8.06. The van der Waals surface area contributed by atoms with Crippen molar-refractivity contribution in [1.29, 1.82) is 0 Å². The molecule has 1 unspecified atom stereocenters. The SMILES string of the molecule is CC(=O)NCc1cc(OC2CCN(CC3(O)CCC(C)CC3)C2)ccn1. The third-order valence-electron chi connectivity index (χ3n) is 5.56. The average molecular weight is 361 g/mol. The summed E-state index contributed by atoms with van der Waals surface area (Å²) in [6, 6.07) is 3.74. The van der Waals surface area contributed by atoms with Crippen molar-refractivity contribution < 1.29 is 14.6 Å². The van der Waals surface area contributed by atoms with Crippen LogP contribution in [0.15, 0.2) is 18.3 Å². The largest absolute Gasteiger partial charge is 0.489 e. The van der Waals surface area contributed by atoms with Crippen LogP contribution in [0.5, 0.6) is 5.75 Å². The number of nitrogens with one attached hydrogen (secondary N) is 1. The molecule has 0 bridgehead atoms. The molecule has 1 amide bonds. The molecule has 1 aliphatic carbocycles. The number of hydrogen-bond acceptors (Lipinski definition) is 5. The number of carbonyl (C=O) groups excluding carboxylic acids is 1. The van der Waals surface area contributed by atoms with Crippen LogP contribution in [-0.4, -0.2) is 52.2 Å². The van der Waals surface area contributed by atoms with Gasteiger partial charge < -0.3 is 15.2 Å². The van der Waals surface area contributed by atoms with Gasteiger partial charge in [-0.2, -0.15) is 0 Å². The van der Waals surface area contributed by atoms with E-state index in [1.807, 2.05) is 12.1 Å². The predicted molar refractivity (Wildman–Crippen MR) is 99.8 cm³/mol.